The molecule has 2 aromatic carbocycles. The molecule has 0 unspecified atom stereocenters. The van der Waals surface area contributed by atoms with E-state index >= 15 is 0 Å². The highest BCUT2D eigenvalue weighted by atomic mass is 16.5. The van der Waals surface area contributed by atoms with E-state index in [4.69, 9.17) is 9.47 Å². The fourth-order valence-corrected chi connectivity index (χ4v) is 3.31. The Morgan fingerprint density at radius 1 is 0.964 bits per heavy atom. The van der Waals surface area contributed by atoms with E-state index in [1.165, 1.54) is 0 Å². The van der Waals surface area contributed by atoms with Gasteiger partial charge in [0.15, 0.2) is 11.5 Å². The number of hydrogen-bond donors (Lipinski definition) is 1. The standard InChI is InChI=1S/C22H22N4O2/c1-23-22-25-18-13-24-17(16-7-5-4-6-8-16)12-19(18)26(22)14-15-9-10-20(27-2)21(11-15)28-3/h4-13H,14H2,1-3H3,(H,23,25). The summed E-state index contributed by atoms with van der Waals surface area (Å²) in [5.74, 6) is 2.21. The van der Waals surface area contributed by atoms with Crippen LogP contribution in [0.15, 0.2) is 60.8 Å². The summed E-state index contributed by atoms with van der Waals surface area (Å²) in [6.45, 7) is 0.644. The minimum absolute atomic E-state index is 0.644. The summed E-state index contributed by atoms with van der Waals surface area (Å²) in [5, 5.41) is 3.18. The van der Waals surface area contributed by atoms with Crippen LogP contribution in [0.25, 0.3) is 22.3 Å². The lowest BCUT2D eigenvalue weighted by atomic mass is 10.1. The van der Waals surface area contributed by atoms with Gasteiger partial charge in [-0.1, -0.05) is 36.4 Å². The molecule has 1 N–H and O–H groups in total. The second-order valence-corrected chi connectivity index (χ2v) is 6.39. The maximum Gasteiger partial charge on any atom is 0.203 e. The first kappa shape index (κ1) is 17.9. The Labute approximate surface area is 163 Å². The number of hydrogen-bond acceptors (Lipinski definition) is 5. The zero-order chi connectivity index (χ0) is 19.5. The molecule has 4 rings (SSSR count). The molecule has 0 saturated carbocycles. The molecule has 0 amide bonds. The number of imidazole rings is 1. The molecule has 0 aliphatic carbocycles. The van der Waals surface area contributed by atoms with Crippen molar-refractivity contribution in [2.24, 2.45) is 0 Å². The number of aromatic nitrogens is 3. The number of nitrogens with one attached hydrogen (secondary N) is 1. The SMILES string of the molecule is CNc1nc2cnc(-c3ccccc3)cc2n1Cc1ccc(OC)c(OC)c1. The summed E-state index contributed by atoms with van der Waals surface area (Å²) >= 11 is 0. The third-order valence-corrected chi connectivity index (χ3v) is 4.72. The van der Waals surface area contributed by atoms with E-state index in [1.54, 1.807) is 14.2 Å². The lowest BCUT2D eigenvalue weighted by Crippen LogP contribution is -2.05. The minimum Gasteiger partial charge on any atom is -0.493 e. The highest BCUT2D eigenvalue weighted by Gasteiger charge is 2.13. The van der Waals surface area contributed by atoms with Crippen molar-refractivity contribution in [3.8, 4) is 22.8 Å². The zero-order valence-electron chi connectivity index (χ0n) is 16.1. The first-order valence-electron chi connectivity index (χ1n) is 9.04. The molecule has 6 nitrogen and oxygen atoms in total. The van der Waals surface area contributed by atoms with E-state index in [1.807, 2.05) is 49.6 Å². The molecule has 0 radical (unpaired) electrons. The summed E-state index contributed by atoms with van der Waals surface area (Å²) in [4.78, 5) is 9.25. The predicted molar refractivity (Wildman–Crippen MR) is 111 cm³/mol. The topological polar surface area (TPSA) is 61.2 Å². The summed E-state index contributed by atoms with van der Waals surface area (Å²) in [5.41, 5.74) is 4.96. The molecule has 142 valence electrons. The van der Waals surface area contributed by atoms with Crippen molar-refractivity contribution >= 4 is 17.0 Å². The van der Waals surface area contributed by atoms with Crippen molar-refractivity contribution in [3.05, 3.63) is 66.4 Å². The van der Waals surface area contributed by atoms with Crippen LogP contribution in [0.4, 0.5) is 5.95 Å². The average molecular weight is 374 g/mol. The van der Waals surface area contributed by atoms with Crippen LogP contribution in [0.1, 0.15) is 5.56 Å². The molecule has 0 bridgehead atoms. The van der Waals surface area contributed by atoms with Crippen molar-refractivity contribution in [2.75, 3.05) is 26.6 Å². The molecule has 0 aliphatic rings. The molecular formula is C22H22N4O2. The summed E-state index contributed by atoms with van der Waals surface area (Å²) in [6.07, 6.45) is 1.82. The Morgan fingerprint density at radius 3 is 2.46 bits per heavy atom. The van der Waals surface area contributed by atoms with Gasteiger partial charge in [0.05, 0.1) is 38.2 Å². The molecule has 28 heavy (non-hydrogen) atoms. The van der Waals surface area contributed by atoms with Crippen LogP contribution in [0.3, 0.4) is 0 Å². The van der Waals surface area contributed by atoms with Gasteiger partial charge in [0, 0.05) is 12.6 Å². The second kappa shape index (κ2) is 7.60. The molecule has 0 atom stereocenters. The molecule has 6 heteroatoms. The van der Waals surface area contributed by atoms with E-state index in [0.717, 1.165) is 33.8 Å². The van der Waals surface area contributed by atoms with Gasteiger partial charge in [-0.3, -0.25) is 4.98 Å². The van der Waals surface area contributed by atoms with Crippen LogP contribution >= 0.6 is 0 Å². The van der Waals surface area contributed by atoms with Crippen molar-refractivity contribution in [1.29, 1.82) is 0 Å². The number of methoxy groups -OCH3 is 2. The van der Waals surface area contributed by atoms with Crippen LogP contribution in [0.5, 0.6) is 11.5 Å². The maximum absolute atomic E-state index is 5.44. The van der Waals surface area contributed by atoms with Crippen LogP contribution in [-0.4, -0.2) is 35.8 Å². The Morgan fingerprint density at radius 2 is 1.75 bits per heavy atom. The summed E-state index contributed by atoms with van der Waals surface area (Å²) in [7, 11) is 5.15. The number of anilines is 1. The van der Waals surface area contributed by atoms with Gasteiger partial charge in [0.25, 0.3) is 0 Å². The van der Waals surface area contributed by atoms with Gasteiger partial charge in [-0.2, -0.15) is 0 Å². The highest BCUT2D eigenvalue weighted by Crippen LogP contribution is 2.30. The number of pyridine rings is 1. The molecular weight excluding hydrogens is 352 g/mol. The smallest absolute Gasteiger partial charge is 0.203 e. The number of nitrogens with zero attached hydrogens (tertiary/aromatic N) is 3. The third kappa shape index (κ3) is 3.24. The summed E-state index contributed by atoms with van der Waals surface area (Å²) < 4.78 is 12.9. The number of rotatable bonds is 6. The van der Waals surface area contributed by atoms with Gasteiger partial charge in [0.1, 0.15) is 5.52 Å². The highest BCUT2D eigenvalue weighted by molar-refractivity contribution is 5.82. The molecule has 2 aromatic heterocycles. The monoisotopic (exact) mass is 374 g/mol. The van der Waals surface area contributed by atoms with Crippen LogP contribution < -0.4 is 14.8 Å². The van der Waals surface area contributed by atoms with Crippen LogP contribution in [-0.2, 0) is 6.54 Å². The van der Waals surface area contributed by atoms with E-state index in [9.17, 15) is 0 Å². The summed E-state index contributed by atoms with van der Waals surface area (Å²) in [6, 6.07) is 18.2. The molecule has 4 aromatic rings. The first-order chi connectivity index (χ1) is 13.7. The molecule has 0 saturated heterocycles. The molecule has 0 aliphatic heterocycles. The molecule has 0 spiro atoms. The van der Waals surface area contributed by atoms with Gasteiger partial charge in [-0.15, -0.1) is 0 Å². The van der Waals surface area contributed by atoms with E-state index < -0.39 is 0 Å². The van der Waals surface area contributed by atoms with E-state index in [0.29, 0.717) is 18.0 Å². The van der Waals surface area contributed by atoms with Crippen molar-refractivity contribution in [1.82, 2.24) is 14.5 Å². The Balaban J connectivity index is 1.79. The number of benzene rings is 2. The minimum atomic E-state index is 0.644. The Bertz CT molecular complexity index is 1110. The number of ether oxygens (including phenoxy) is 2. The average Bonchev–Trinajstić information content (AvgIpc) is 3.11. The van der Waals surface area contributed by atoms with Crippen molar-refractivity contribution in [3.63, 3.8) is 0 Å². The molecule has 2 heterocycles. The fourth-order valence-electron chi connectivity index (χ4n) is 3.31. The predicted octanol–water partition coefficient (Wildman–Crippen LogP) is 4.21. The molecule has 0 fully saturated rings. The van der Waals surface area contributed by atoms with E-state index in [2.05, 4.69) is 38.1 Å². The van der Waals surface area contributed by atoms with Gasteiger partial charge in [0.2, 0.25) is 5.95 Å². The Kier molecular flexibility index (Phi) is 4.85. The van der Waals surface area contributed by atoms with E-state index in [-0.39, 0.29) is 0 Å². The maximum atomic E-state index is 5.44. The zero-order valence-corrected chi connectivity index (χ0v) is 16.1. The second-order valence-electron chi connectivity index (χ2n) is 6.39. The lowest BCUT2D eigenvalue weighted by molar-refractivity contribution is 0.354. The fraction of sp³-hybridized carbons (Fsp3) is 0.182. The quantitative estimate of drug-likeness (QED) is 0.548. The van der Waals surface area contributed by atoms with Crippen molar-refractivity contribution < 1.29 is 9.47 Å². The van der Waals surface area contributed by atoms with Crippen LogP contribution in [0, 0.1) is 0 Å². The van der Waals surface area contributed by atoms with Crippen molar-refractivity contribution in [2.45, 2.75) is 6.54 Å². The third-order valence-electron chi connectivity index (χ3n) is 4.72. The largest absolute Gasteiger partial charge is 0.493 e. The first-order valence-corrected chi connectivity index (χ1v) is 9.04. The van der Waals surface area contributed by atoms with Crippen LogP contribution in [0.2, 0.25) is 0 Å². The van der Waals surface area contributed by atoms with Gasteiger partial charge in [-0.25, -0.2) is 4.98 Å². The Hall–Kier alpha value is -3.54. The lowest BCUT2D eigenvalue weighted by Gasteiger charge is -2.12. The van der Waals surface area contributed by atoms with Gasteiger partial charge in [-0.05, 0) is 23.8 Å². The van der Waals surface area contributed by atoms with Gasteiger partial charge >= 0.3 is 0 Å². The number of fused-ring (bicyclic) bond motifs is 1. The normalized spacial score (nSPS) is 10.8. The van der Waals surface area contributed by atoms with Gasteiger partial charge < -0.3 is 19.4 Å².